The van der Waals surface area contributed by atoms with Gasteiger partial charge in [0.1, 0.15) is 10.8 Å². The molecule has 1 aromatic carbocycles. The molecular formula is C21H21FN2O3S. The zero-order valence-corrected chi connectivity index (χ0v) is 16.3. The van der Waals surface area contributed by atoms with Gasteiger partial charge in [0.15, 0.2) is 5.76 Å². The second-order valence-electron chi connectivity index (χ2n) is 6.68. The third-order valence-electron chi connectivity index (χ3n) is 4.75. The van der Waals surface area contributed by atoms with Crippen LogP contribution in [-0.4, -0.2) is 37.1 Å². The monoisotopic (exact) mass is 400 g/mol. The SMILES string of the molecule is Cc1cc([C@@H](c2ccc(F)cc2)N2CCOCC2)c(NC(=O)c2ccco2)s1. The van der Waals surface area contributed by atoms with Gasteiger partial charge >= 0.3 is 0 Å². The van der Waals surface area contributed by atoms with Gasteiger partial charge in [0, 0.05) is 23.5 Å². The number of carbonyl (C=O) groups excluding carboxylic acids is 1. The average Bonchev–Trinajstić information content (AvgIpc) is 3.35. The molecule has 1 fully saturated rings. The Morgan fingerprint density at radius 1 is 1.21 bits per heavy atom. The third kappa shape index (κ3) is 4.01. The molecule has 0 aliphatic carbocycles. The van der Waals surface area contributed by atoms with Crippen molar-refractivity contribution in [1.82, 2.24) is 4.90 Å². The maximum absolute atomic E-state index is 13.5. The number of anilines is 1. The summed E-state index contributed by atoms with van der Waals surface area (Å²) >= 11 is 1.52. The lowest BCUT2D eigenvalue weighted by Gasteiger charge is -2.35. The first-order valence-electron chi connectivity index (χ1n) is 9.14. The Bertz CT molecular complexity index is 931. The van der Waals surface area contributed by atoms with Crippen LogP contribution in [0, 0.1) is 12.7 Å². The molecule has 7 heteroatoms. The van der Waals surface area contributed by atoms with Crippen molar-refractivity contribution in [2.45, 2.75) is 13.0 Å². The number of nitrogens with zero attached hydrogens (tertiary/aromatic N) is 1. The van der Waals surface area contributed by atoms with Crippen molar-refractivity contribution < 1.29 is 18.3 Å². The number of carbonyl (C=O) groups is 1. The summed E-state index contributed by atoms with van der Waals surface area (Å²) in [5.41, 5.74) is 1.98. The zero-order chi connectivity index (χ0) is 19.5. The minimum Gasteiger partial charge on any atom is -0.459 e. The minimum atomic E-state index is -0.284. The number of rotatable bonds is 5. The summed E-state index contributed by atoms with van der Waals surface area (Å²) in [7, 11) is 0. The highest BCUT2D eigenvalue weighted by Crippen LogP contribution is 2.39. The predicted molar refractivity (Wildman–Crippen MR) is 106 cm³/mol. The van der Waals surface area contributed by atoms with E-state index < -0.39 is 0 Å². The molecule has 0 bridgehead atoms. The van der Waals surface area contributed by atoms with E-state index in [0.717, 1.165) is 34.1 Å². The summed E-state index contributed by atoms with van der Waals surface area (Å²) in [5.74, 6) is -0.285. The maximum atomic E-state index is 13.5. The number of amides is 1. The standard InChI is InChI=1S/C21H21FN2O3S/c1-14-13-17(21(28-14)23-20(25)18-3-2-10-27-18)19(24-8-11-26-12-9-24)15-4-6-16(22)7-5-15/h2-7,10,13,19H,8-9,11-12H2,1H3,(H,23,25)/t19-/m1/s1. The van der Waals surface area contributed by atoms with Gasteiger partial charge < -0.3 is 14.5 Å². The van der Waals surface area contributed by atoms with Crippen LogP contribution in [0.25, 0.3) is 0 Å². The van der Waals surface area contributed by atoms with E-state index in [2.05, 4.69) is 16.3 Å². The first kappa shape index (κ1) is 18.9. The third-order valence-corrected chi connectivity index (χ3v) is 5.73. The maximum Gasteiger partial charge on any atom is 0.291 e. The second kappa shape index (κ2) is 8.26. The van der Waals surface area contributed by atoms with E-state index in [4.69, 9.17) is 9.15 Å². The molecule has 5 nitrogen and oxygen atoms in total. The molecule has 1 amide bonds. The number of hydrogen-bond acceptors (Lipinski definition) is 5. The lowest BCUT2D eigenvalue weighted by Crippen LogP contribution is -2.39. The van der Waals surface area contributed by atoms with E-state index in [1.165, 1.54) is 29.7 Å². The van der Waals surface area contributed by atoms with Crippen LogP contribution in [0.15, 0.2) is 53.1 Å². The fourth-order valence-corrected chi connectivity index (χ4v) is 4.41. The first-order valence-corrected chi connectivity index (χ1v) is 9.96. The van der Waals surface area contributed by atoms with Crippen molar-refractivity contribution in [3.63, 3.8) is 0 Å². The van der Waals surface area contributed by atoms with Crippen LogP contribution in [0.5, 0.6) is 0 Å². The summed E-state index contributed by atoms with van der Waals surface area (Å²) in [6.45, 7) is 4.84. The van der Waals surface area contributed by atoms with E-state index in [9.17, 15) is 9.18 Å². The van der Waals surface area contributed by atoms with Crippen LogP contribution in [0.4, 0.5) is 9.39 Å². The first-order chi connectivity index (χ1) is 13.6. The average molecular weight is 400 g/mol. The van der Waals surface area contributed by atoms with E-state index in [1.54, 1.807) is 24.3 Å². The lowest BCUT2D eigenvalue weighted by atomic mass is 9.97. The topological polar surface area (TPSA) is 54.7 Å². The smallest absolute Gasteiger partial charge is 0.291 e. The van der Waals surface area contributed by atoms with Crippen molar-refractivity contribution >= 4 is 22.2 Å². The van der Waals surface area contributed by atoms with Gasteiger partial charge in [-0.1, -0.05) is 12.1 Å². The highest BCUT2D eigenvalue weighted by atomic mass is 32.1. The van der Waals surface area contributed by atoms with Crippen molar-refractivity contribution in [3.05, 3.63) is 76.3 Å². The lowest BCUT2D eigenvalue weighted by molar-refractivity contribution is 0.0241. The number of aryl methyl sites for hydroxylation is 1. The Morgan fingerprint density at radius 3 is 2.64 bits per heavy atom. The van der Waals surface area contributed by atoms with Gasteiger partial charge in [0.2, 0.25) is 0 Å². The molecule has 3 aromatic rings. The largest absolute Gasteiger partial charge is 0.459 e. The number of benzene rings is 1. The van der Waals surface area contributed by atoms with Crippen LogP contribution in [0.1, 0.15) is 32.6 Å². The number of thiophene rings is 1. The molecule has 0 radical (unpaired) electrons. The normalized spacial score (nSPS) is 16.1. The number of nitrogens with one attached hydrogen (secondary N) is 1. The molecule has 1 N–H and O–H groups in total. The highest BCUT2D eigenvalue weighted by molar-refractivity contribution is 7.16. The summed E-state index contributed by atoms with van der Waals surface area (Å²) in [6.07, 6.45) is 1.48. The summed E-state index contributed by atoms with van der Waals surface area (Å²) in [4.78, 5) is 15.9. The molecule has 1 aliphatic rings. The molecule has 0 unspecified atom stereocenters. The van der Waals surface area contributed by atoms with Gasteiger partial charge in [-0.15, -0.1) is 11.3 Å². The Morgan fingerprint density at radius 2 is 1.96 bits per heavy atom. The fraction of sp³-hybridized carbons (Fsp3) is 0.286. The fourth-order valence-electron chi connectivity index (χ4n) is 3.47. The van der Waals surface area contributed by atoms with Gasteiger partial charge in [0.25, 0.3) is 5.91 Å². The number of furan rings is 1. The van der Waals surface area contributed by atoms with Crippen LogP contribution in [0.3, 0.4) is 0 Å². The zero-order valence-electron chi connectivity index (χ0n) is 15.5. The minimum absolute atomic E-state index is 0.0960. The number of ether oxygens (including phenoxy) is 1. The van der Waals surface area contributed by atoms with E-state index in [1.807, 2.05) is 6.92 Å². The number of hydrogen-bond donors (Lipinski definition) is 1. The van der Waals surface area contributed by atoms with Crippen molar-refractivity contribution in [3.8, 4) is 0 Å². The number of halogens is 1. The highest BCUT2D eigenvalue weighted by Gasteiger charge is 2.28. The molecule has 0 spiro atoms. The molecular weight excluding hydrogens is 379 g/mol. The van der Waals surface area contributed by atoms with Crippen LogP contribution in [0.2, 0.25) is 0 Å². The van der Waals surface area contributed by atoms with Gasteiger partial charge in [-0.05, 0) is 42.8 Å². The van der Waals surface area contributed by atoms with Crippen molar-refractivity contribution in [2.75, 3.05) is 31.6 Å². The molecule has 3 heterocycles. The molecule has 28 heavy (non-hydrogen) atoms. The second-order valence-corrected chi connectivity index (χ2v) is 7.93. The Labute approximate surface area is 166 Å². The molecule has 1 saturated heterocycles. The van der Waals surface area contributed by atoms with Gasteiger partial charge in [0.05, 0.1) is 25.5 Å². The van der Waals surface area contributed by atoms with Crippen LogP contribution in [-0.2, 0) is 4.74 Å². The van der Waals surface area contributed by atoms with Crippen LogP contribution >= 0.6 is 11.3 Å². The summed E-state index contributed by atoms with van der Waals surface area (Å²) in [6, 6.07) is 11.9. The van der Waals surface area contributed by atoms with E-state index >= 15 is 0 Å². The molecule has 2 aromatic heterocycles. The van der Waals surface area contributed by atoms with Gasteiger partial charge in [-0.25, -0.2) is 4.39 Å². The van der Waals surface area contributed by atoms with E-state index in [0.29, 0.717) is 13.2 Å². The molecule has 1 atom stereocenters. The number of morpholine rings is 1. The quantitative estimate of drug-likeness (QED) is 0.687. The molecule has 4 rings (SSSR count). The van der Waals surface area contributed by atoms with E-state index in [-0.39, 0.29) is 23.5 Å². The van der Waals surface area contributed by atoms with Crippen molar-refractivity contribution in [2.24, 2.45) is 0 Å². The Balaban J connectivity index is 1.71. The van der Waals surface area contributed by atoms with Gasteiger partial charge in [-0.2, -0.15) is 0 Å². The molecule has 0 saturated carbocycles. The Kier molecular flexibility index (Phi) is 5.57. The molecule has 1 aliphatic heterocycles. The summed E-state index contributed by atoms with van der Waals surface area (Å²) in [5, 5.41) is 3.77. The predicted octanol–water partition coefficient (Wildman–Crippen LogP) is 4.46. The Hall–Kier alpha value is -2.48. The van der Waals surface area contributed by atoms with Gasteiger partial charge in [-0.3, -0.25) is 9.69 Å². The van der Waals surface area contributed by atoms with Crippen molar-refractivity contribution in [1.29, 1.82) is 0 Å². The summed E-state index contributed by atoms with van der Waals surface area (Å²) < 4.78 is 24.2. The molecule has 146 valence electrons. The van der Waals surface area contributed by atoms with Crippen LogP contribution < -0.4 is 5.32 Å².